The second kappa shape index (κ2) is 10.1. The van der Waals surface area contributed by atoms with Crippen molar-refractivity contribution in [3.8, 4) is 5.75 Å². The number of halogens is 1. The lowest BCUT2D eigenvalue weighted by atomic mass is 10.2. The zero-order chi connectivity index (χ0) is 20.5. The van der Waals surface area contributed by atoms with Gasteiger partial charge < -0.3 is 15.8 Å². The standard InChI is InChI=1S/C19H19ClN4O4/c1-12(10-17(25)22-15-6-2-13(3-7-15)19(21)27)23-24-18(26)11-28-16-8-4-14(20)5-9-16/h2-9H,10-11H2,1H3,(H2,21,27)(H,22,25)(H,24,26)/b23-12+. The Balaban J connectivity index is 1.76. The first-order valence-electron chi connectivity index (χ1n) is 8.23. The number of nitrogens with two attached hydrogens (primary N) is 1. The second-order valence-corrected chi connectivity index (χ2v) is 6.23. The summed E-state index contributed by atoms with van der Waals surface area (Å²) >= 11 is 5.77. The molecular formula is C19H19ClN4O4. The Bertz CT molecular complexity index is 880. The highest BCUT2D eigenvalue weighted by atomic mass is 35.5. The lowest BCUT2D eigenvalue weighted by Crippen LogP contribution is -2.26. The molecule has 0 spiro atoms. The van der Waals surface area contributed by atoms with Crippen LogP contribution in [0.5, 0.6) is 5.75 Å². The number of benzene rings is 2. The molecule has 9 heteroatoms. The van der Waals surface area contributed by atoms with Crippen LogP contribution in [0.3, 0.4) is 0 Å². The molecule has 8 nitrogen and oxygen atoms in total. The average Bonchev–Trinajstić information content (AvgIpc) is 2.66. The van der Waals surface area contributed by atoms with Gasteiger partial charge in [-0.15, -0.1) is 0 Å². The van der Waals surface area contributed by atoms with Crippen LogP contribution in [-0.4, -0.2) is 30.0 Å². The molecule has 4 N–H and O–H groups in total. The average molecular weight is 403 g/mol. The van der Waals surface area contributed by atoms with Gasteiger partial charge in [0.15, 0.2) is 6.61 Å². The van der Waals surface area contributed by atoms with E-state index in [0.717, 1.165) is 0 Å². The molecule has 0 unspecified atom stereocenters. The first-order valence-corrected chi connectivity index (χ1v) is 8.61. The van der Waals surface area contributed by atoms with Crippen molar-refractivity contribution in [2.75, 3.05) is 11.9 Å². The van der Waals surface area contributed by atoms with Crippen LogP contribution in [0.1, 0.15) is 23.7 Å². The monoisotopic (exact) mass is 402 g/mol. The van der Waals surface area contributed by atoms with Crippen molar-refractivity contribution in [3.05, 3.63) is 59.1 Å². The minimum atomic E-state index is -0.545. The number of carbonyl (C=O) groups is 3. The maximum absolute atomic E-state index is 12.0. The van der Waals surface area contributed by atoms with Gasteiger partial charge in [-0.1, -0.05) is 11.6 Å². The highest BCUT2D eigenvalue weighted by Gasteiger charge is 2.07. The maximum Gasteiger partial charge on any atom is 0.277 e. The molecule has 0 aliphatic heterocycles. The molecule has 0 saturated heterocycles. The summed E-state index contributed by atoms with van der Waals surface area (Å²) in [6.45, 7) is 1.38. The number of hydrogen-bond acceptors (Lipinski definition) is 5. The van der Waals surface area contributed by atoms with Gasteiger partial charge in [-0.3, -0.25) is 14.4 Å². The Hall–Kier alpha value is -3.39. The van der Waals surface area contributed by atoms with Crippen molar-refractivity contribution < 1.29 is 19.1 Å². The molecule has 28 heavy (non-hydrogen) atoms. The Kier molecular flexibility index (Phi) is 7.53. The summed E-state index contributed by atoms with van der Waals surface area (Å²) in [7, 11) is 0. The zero-order valence-electron chi connectivity index (χ0n) is 15.1. The molecular weight excluding hydrogens is 384 g/mol. The number of ether oxygens (including phenoxy) is 1. The molecule has 0 radical (unpaired) electrons. The quantitative estimate of drug-likeness (QED) is 0.463. The summed E-state index contributed by atoms with van der Waals surface area (Å²) < 4.78 is 5.29. The van der Waals surface area contributed by atoms with Crippen molar-refractivity contribution in [1.29, 1.82) is 0 Å². The van der Waals surface area contributed by atoms with Gasteiger partial charge in [0.1, 0.15) is 5.75 Å². The van der Waals surface area contributed by atoms with Crippen LogP contribution in [0.2, 0.25) is 5.02 Å². The van der Waals surface area contributed by atoms with Crippen molar-refractivity contribution in [3.63, 3.8) is 0 Å². The highest BCUT2D eigenvalue weighted by molar-refractivity contribution is 6.30. The largest absolute Gasteiger partial charge is 0.484 e. The topological polar surface area (TPSA) is 123 Å². The molecule has 0 heterocycles. The lowest BCUT2D eigenvalue weighted by Gasteiger charge is -2.07. The number of rotatable bonds is 8. The molecule has 0 atom stereocenters. The smallest absolute Gasteiger partial charge is 0.277 e. The summed E-state index contributed by atoms with van der Waals surface area (Å²) in [5, 5.41) is 7.09. The fourth-order valence-electron chi connectivity index (χ4n) is 2.06. The minimum absolute atomic E-state index is 0.0180. The number of anilines is 1. The van der Waals surface area contributed by atoms with E-state index in [4.69, 9.17) is 22.1 Å². The molecule has 0 aliphatic rings. The van der Waals surface area contributed by atoms with Gasteiger partial charge in [0.25, 0.3) is 5.91 Å². The van der Waals surface area contributed by atoms with E-state index in [2.05, 4.69) is 15.8 Å². The Morgan fingerprint density at radius 3 is 2.29 bits per heavy atom. The third-order valence-electron chi connectivity index (χ3n) is 3.42. The number of carbonyl (C=O) groups excluding carboxylic acids is 3. The van der Waals surface area contributed by atoms with Crippen LogP contribution in [0.25, 0.3) is 0 Å². The first-order chi connectivity index (χ1) is 13.3. The Labute approximate surface area is 166 Å². The van der Waals surface area contributed by atoms with Crippen molar-refractivity contribution in [2.24, 2.45) is 10.8 Å². The van der Waals surface area contributed by atoms with Crippen LogP contribution < -0.4 is 21.2 Å². The number of nitrogens with zero attached hydrogens (tertiary/aromatic N) is 1. The number of primary amides is 1. The zero-order valence-corrected chi connectivity index (χ0v) is 15.8. The maximum atomic E-state index is 12.0. The van der Waals surface area contributed by atoms with Gasteiger partial charge in [-0.2, -0.15) is 5.10 Å². The molecule has 2 aromatic carbocycles. The Morgan fingerprint density at radius 1 is 1.04 bits per heavy atom. The third-order valence-corrected chi connectivity index (χ3v) is 3.68. The summed E-state index contributed by atoms with van der Waals surface area (Å²) in [6.07, 6.45) is -0.0180. The van der Waals surface area contributed by atoms with Crippen molar-refractivity contribution in [2.45, 2.75) is 13.3 Å². The first kappa shape index (κ1) is 20.9. The molecule has 0 aliphatic carbocycles. The van der Waals surface area contributed by atoms with Crippen LogP contribution in [0.15, 0.2) is 53.6 Å². The summed E-state index contributed by atoms with van der Waals surface area (Å²) in [5.41, 5.74) is 8.75. The second-order valence-electron chi connectivity index (χ2n) is 5.79. The van der Waals surface area contributed by atoms with E-state index in [9.17, 15) is 14.4 Å². The number of amides is 3. The summed E-state index contributed by atoms with van der Waals surface area (Å²) in [6, 6.07) is 12.8. The lowest BCUT2D eigenvalue weighted by molar-refractivity contribution is -0.123. The highest BCUT2D eigenvalue weighted by Crippen LogP contribution is 2.15. The van der Waals surface area contributed by atoms with E-state index >= 15 is 0 Å². The van der Waals surface area contributed by atoms with Crippen LogP contribution in [0, 0.1) is 0 Å². The van der Waals surface area contributed by atoms with Gasteiger partial charge in [-0.25, -0.2) is 5.43 Å². The molecule has 0 bridgehead atoms. The Morgan fingerprint density at radius 2 is 1.68 bits per heavy atom. The predicted octanol–water partition coefficient (Wildman–Crippen LogP) is 2.34. The number of hydrogen-bond donors (Lipinski definition) is 3. The van der Waals surface area contributed by atoms with Crippen LogP contribution in [-0.2, 0) is 9.59 Å². The van der Waals surface area contributed by atoms with E-state index in [1.165, 1.54) is 12.1 Å². The summed E-state index contributed by atoms with van der Waals surface area (Å²) in [4.78, 5) is 34.8. The van der Waals surface area contributed by atoms with Crippen LogP contribution >= 0.6 is 11.6 Å². The normalized spacial score (nSPS) is 10.9. The molecule has 0 aromatic heterocycles. The van der Waals surface area contributed by atoms with Crippen LogP contribution in [0.4, 0.5) is 5.69 Å². The fraction of sp³-hybridized carbons (Fsp3) is 0.158. The SMILES string of the molecule is C/C(CC(=O)Nc1ccc(C(N)=O)cc1)=N\NC(=O)COc1ccc(Cl)cc1. The molecule has 2 rings (SSSR count). The minimum Gasteiger partial charge on any atom is -0.484 e. The number of nitrogens with one attached hydrogen (secondary N) is 2. The van der Waals surface area contributed by atoms with Gasteiger partial charge in [0.05, 0.1) is 6.42 Å². The van der Waals surface area contributed by atoms with Gasteiger partial charge in [0.2, 0.25) is 11.8 Å². The third kappa shape index (κ3) is 7.08. The van der Waals surface area contributed by atoms with E-state index in [1.807, 2.05) is 0 Å². The van der Waals surface area contributed by atoms with E-state index in [-0.39, 0.29) is 18.9 Å². The van der Waals surface area contributed by atoms with E-state index in [1.54, 1.807) is 43.3 Å². The summed E-state index contributed by atoms with van der Waals surface area (Å²) in [5.74, 6) is -0.824. The molecule has 2 aromatic rings. The molecule has 146 valence electrons. The molecule has 0 fully saturated rings. The van der Waals surface area contributed by atoms with E-state index < -0.39 is 11.8 Å². The molecule has 3 amide bonds. The van der Waals surface area contributed by atoms with Gasteiger partial charge in [0, 0.05) is 22.0 Å². The van der Waals surface area contributed by atoms with Gasteiger partial charge >= 0.3 is 0 Å². The predicted molar refractivity (Wildman–Crippen MR) is 106 cm³/mol. The van der Waals surface area contributed by atoms with Crippen molar-refractivity contribution >= 4 is 40.7 Å². The fourth-order valence-corrected chi connectivity index (χ4v) is 2.19. The van der Waals surface area contributed by atoms with Gasteiger partial charge in [-0.05, 0) is 55.5 Å². The number of hydrazone groups is 1. The van der Waals surface area contributed by atoms with Crippen molar-refractivity contribution in [1.82, 2.24) is 5.43 Å². The molecule has 0 saturated carbocycles. The van der Waals surface area contributed by atoms with E-state index in [0.29, 0.717) is 27.7 Å².